The molecule has 2 N–H and O–H groups in total. The Kier molecular flexibility index (Phi) is 4.68. The van der Waals surface area contributed by atoms with Crippen molar-refractivity contribution in [3.63, 3.8) is 0 Å². The van der Waals surface area contributed by atoms with Crippen LogP contribution in [0.1, 0.15) is 23.3 Å². The number of carbonyl (C=O) groups is 1. The summed E-state index contributed by atoms with van der Waals surface area (Å²) in [5.74, 6) is -0.0458. The molecule has 7 heteroatoms. The Morgan fingerprint density at radius 1 is 1.41 bits per heavy atom. The molecule has 1 unspecified atom stereocenters. The van der Waals surface area contributed by atoms with Crippen LogP contribution in [-0.2, 0) is 0 Å². The second-order valence-corrected chi connectivity index (χ2v) is 6.87. The van der Waals surface area contributed by atoms with Crippen LogP contribution >= 0.6 is 34.5 Å². The summed E-state index contributed by atoms with van der Waals surface area (Å²) in [7, 11) is 0. The second-order valence-electron chi connectivity index (χ2n) is 5.20. The van der Waals surface area contributed by atoms with E-state index in [-0.39, 0.29) is 11.9 Å². The first-order chi connectivity index (χ1) is 10.6. The van der Waals surface area contributed by atoms with Crippen LogP contribution in [0.3, 0.4) is 0 Å². The lowest BCUT2D eigenvalue weighted by molar-refractivity contribution is 0.0736. The number of nitrogens with zero attached hydrogens (tertiary/aromatic N) is 2. The summed E-state index contributed by atoms with van der Waals surface area (Å²) in [6, 6.07) is 5.46. The Hall–Kier alpha value is -1.14. The number of thiazole rings is 1. The minimum atomic E-state index is -0.0458. The van der Waals surface area contributed by atoms with E-state index in [2.05, 4.69) is 4.98 Å². The lowest BCUT2D eigenvalue weighted by atomic mass is 10.2. The topological polar surface area (TPSA) is 59.2 Å². The number of benzene rings is 1. The third kappa shape index (κ3) is 2.99. The van der Waals surface area contributed by atoms with Crippen LogP contribution in [0.15, 0.2) is 23.6 Å². The van der Waals surface area contributed by atoms with E-state index in [4.69, 9.17) is 28.9 Å². The van der Waals surface area contributed by atoms with Gasteiger partial charge in [-0.2, -0.15) is 0 Å². The number of amides is 1. The maximum Gasteiger partial charge on any atom is 0.273 e. The fraction of sp³-hybridized carbons (Fsp3) is 0.333. The second kappa shape index (κ2) is 6.54. The van der Waals surface area contributed by atoms with Crippen molar-refractivity contribution in [3.8, 4) is 10.6 Å². The van der Waals surface area contributed by atoms with Gasteiger partial charge in [0.15, 0.2) is 0 Å². The van der Waals surface area contributed by atoms with Crippen molar-refractivity contribution in [2.45, 2.75) is 18.9 Å². The summed E-state index contributed by atoms with van der Waals surface area (Å²) in [6.07, 6.45) is 1.96. The molecule has 1 saturated heterocycles. The minimum absolute atomic E-state index is 0.0458. The van der Waals surface area contributed by atoms with Gasteiger partial charge in [0.1, 0.15) is 10.7 Å². The van der Waals surface area contributed by atoms with Crippen LogP contribution < -0.4 is 5.73 Å². The molecule has 2 heterocycles. The highest BCUT2D eigenvalue weighted by molar-refractivity contribution is 7.13. The molecule has 0 radical (unpaired) electrons. The van der Waals surface area contributed by atoms with Crippen molar-refractivity contribution < 1.29 is 4.79 Å². The molecule has 0 saturated carbocycles. The van der Waals surface area contributed by atoms with Crippen molar-refractivity contribution in [2.75, 3.05) is 13.1 Å². The van der Waals surface area contributed by atoms with Crippen LogP contribution in [0.5, 0.6) is 0 Å². The van der Waals surface area contributed by atoms with E-state index in [1.807, 2.05) is 11.0 Å². The number of hydrogen-bond acceptors (Lipinski definition) is 4. The van der Waals surface area contributed by atoms with Gasteiger partial charge in [-0.25, -0.2) is 4.98 Å². The number of halogens is 2. The van der Waals surface area contributed by atoms with Crippen LogP contribution in [0.4, 0.5) is 0 Å². The number of likely N-dealkylation sites (tertiary alicyclic amines) is 1. The maximum absolute atomic E-state index is 12.5. The van der Waals surface area contributed by atoms with E-state index < -0.39 is 0 Å². The van der Waals surface area contributed by atoms with Gasteiger partial charge < -0.3 is 10.6 Å². The van der Waals surface area contributed by atoms with Crippen LogP contribution in [-0.4, -0.2) is 34.9 Å². The average Bonchev–Trinajstić information content (AvgIpc) is 3.17. The first-order valence-electron chi connectivity index (χ1n) is 7.02. The largest absolute Gasteiger partial charge is 0.333 e. The zero-order valence-electron chi connectivity index (χ0n) is 11.8. The highest BCUT2D eigenvalue weighted by Crippen LogP contribution is 2.31. The first kappa shape index (κ1) is 15.7. The molecule has 1 aliphatic rings. The van der Waals surface area contributed by atoms with Gasteiger partial charge in [-0.3, -0.25) is 4.79 Å². The maximum atomic E-state index is 12.5. The summed E-state index contributed by atoms with van der Waals surface area (Å²) >= 11 is 13.4. The highest BCUT2D eigenvalue weighted by atomic mass is 35.5. The fourth-order valence-corrected chi connectivity index (χ4v) is 3.72. The first-order valence-corrected chi connectivity index (χ1v) is 8.65. The number of aromatic nitrogens is 1. The molecule has 22 heavy (non-hydrogen) atoms. The smallest absolute Gasteiger partial charge is 0.273 e. The van der Waals surface area contributed by atoms with E-state index in [0.717, 1.165) is 30.0 Å². The van der Waals surface area contributed by atoms with Gasteiger partial charge in [0.2, 0.25) is 0 Å². The summed E-state index contributed by atoms with van der Waals surface area (Å²) in [5.41, 5.74) is 7.05. The number of nitrogens with two attached hydrogens (primary N) is 1. The Balaban J connectivity index is 1.84. The summed E-state index contributed by atoms with van der Waals surface area (Å²) in [5, 5.41) is 3.52. The average molecular weight is 356 g/mol. The third-order valence-electron chi connectivity index (χ3n) is 3.80. The predicted octanol–water partition coefficient (Wildman–Crippen LogP) is 3.68. The lowest BCUT2D eigenvalue weighted by Gasteiger charge is -2.22. The van der Waals surface area contributed by atoms with Gasteiger partial charge in [0, 0.05) is 30.1 Å². The number of hydrogen-bond donors (Lipinski definition) is 1. The van der Waals surface area contributed by atoms with E-state index in [1.165, 1.54) is 11.3 Å². The van der Waals surface area contributed by atoms with Gasteiger partial charge >= 0.3 is 0 Å². The van der Waals surface area contributed by atoms with Gasteiger partial charge in [-0.15, -0.1) is 11.3 Å². The predicted molar refractivity (Wildman–Crippen MR) is 90.7 cm³/mol. The Morgan fingerprint density at radius 2 is 2.23 bits per heavy atom. The molecular weight excluding hydrogens is 341 g/mol. The monoisotopic (exact) mass is 355 g/mol. The van der Waals surface area contributed by atoms with Crippen molar-refractivity contribution >= 4 is 40.4 Å². The summed E-state index contributed by atoms with van der Waals surface area (Å²) < 4.78 is 0. The van der Waals surface area contributed by atoms with E-state index in [0.29, 0.717) is 22.3 Å². The molecule has 3 rings (SSSR count). The van der Waals surface area contributed by atoms with Crippen LogP contribution in [0.25, 0.3) is 10.6 Å². The fourth-order valence-electron chi connectivity index (χ4n) is 2.63. The van der Waals surface area contributed by atoms with E-state index in [9.17, 15) is 4.79 Å². The molecular formula is C15H15Cl2N3OS. The molecule has 1 fully saturated rings. The molecule has 0 aliphatic carbocycles. The zero-order chi connectivity index (χ0) is 15.7. The molecule has 1 aliphatic heterocycles. The summed E-state index contributed by atoms with van der Waals surface area (Å²) in [4.78, 5) is 18.8. The molecule has 1 aromatic carbocycles. The quantitative estimate of drug-likeness (QED) is 0.913. The third-order valence-corrected chi connectivity index (χ3v) is 5.43. The van der Waals surface area contributed by atoms with E-state index >= 15 is 0 Å². The molecule has 116 valence electrons. The Morgan fingerprint density at radius 3 is 2.95 bits per heavy atom. The minimum Gasteiger partial charge on any atom is -0.333 e. The van der Waals surface area contributed by atoms with Gasteiger partial charge in [-0.05, 0) is 25.0 Å². The van der Waals surface area contributed by atoms with Gasteiger partial charge in [0.25, 0.3) is 5.91 Å². The summed E-state index contributed by atoms with van der Waals surface area (Å²) in [6.45, 7) is 1.25. The molecule has 2 aromatic rings. The molecule has 4 nitrogen and oxygen atoms in total. The molecule has 0 bridgehead atoms. The number of carbonyl (C=O) groups excluding carboxylic acids is 1. The Labute approximate surface area is 142 Å². The number of rotatable bonds is 3. The van der Waals surface area contributed by atoms with Crippen molar-refractivity contribution in [1.82, 2.24) is 9.88 Å². The molecule has 1 amide bonds. The van der Waals surface area contributed by atoms with Crippen molar-refractivity contribution in [2.24, 2.45) is 5.73 Å². The van der Waals surface area contributed by atoms with Crippen molar-refractivity contribution in [1.29, 1.82) is 0 Å². The Bertz CT molecular complexity index is 704. The zero-order valence-corrected chi connectivity index (χ0v) is 14.1. The SMILES string of the molecule is NCC1CCCN1C(=O)c1csc(-c2ccc(Cl)c(Cl)c2)n1. The van der Waals surface area contributed by atoms with E-state index in [1.54, 1.807) is 17.5 Å². The van der Waals surface area contributed by atoms with Crippen LogP contribution in [0.2, 0.25) is 10.0 Å². The highest BCUT2D eigenvalue weighted by Gasteiger charge is 2.29. The van der Waals surface area contributed by atoms with Crippen molar-refractivity contribution in [3.05, 3.63) is 39.3 Å². The van der Waals surface area contributed by atoms with Gasteiger partial charge in [-0.1, -0.05) is 29.3 Å². The van der Waals surface area contributed by atoms with Crippen LogP contribution in [0, 0.1) is 0 Å². The standard InChI is InChI=1S/C15H15Cl2N3OS/c16-11-4-3-9(6-12(11)17)14-19-13(8-22-14)15(21)20-5-1-2-10(20)7-18/h3-4,6,8,10H,1-2,5,7,18H2. The normalized spacial score (nSPS) is 18.0. The molecule has 1 atom stereocenters. The lowest BCUT2D eigenvalue weighted by Crippen LogP contribution is -2.40. The van der Waals surface area contributed by atoms with Gasteiger partial charge in [0.05, 0.1) is 10.0 Å². The molecule has 0 spiro atoms. The molecule has 1 aromatic heterocycles.